The van der Waals surface area contributed by atoms with Crippen LogP contribution in [-0.4, -0.2) is 59.8 Å². The highest BCUT2D eigenvalue weighted by molar-refractivity contribution is 7.16. The van der Waals surface area contributed by atoms with Crippen LogP contribution in [0.2, 0.25) is 0 Å². The van der Waals surface area contributed by atoms with Crippen molar-refractivity contribution in [3.8, 4) is 0 Å². The molecule has 9 nitrogen and oxygen atoms in total. The molecule has 0 bridgehead atoms. The lowest BCUT2D eigenvalue weighted by molar-refractivity contribution is -0.109. The quantitative estimate of drug-likeness (QED) is 0.106. The number of aryl methyl sites for hydroxylation is 1. The highest BCUT2D eigenvalue weighted by Gasteiger charge is 2.33. The van der Waals surface area contributed by atoms with E-state index in [0.717, 1.165) is 28.3 Å². The Labute approximate surface area is 270 Å². The molecule has 0 fully saturated rings. The summed E-state index contributed by atoms with van der Waals surface area (Å²) in [7, 11) is 5.23. The minimum Gasteiger partial charge on any atom is -0.398 e. The number of carbonyl (C=O) groups is 1. The number of nitrogens with two attached hydrogens (primary N) is 2. The third-order valence-electron chi connectivity index (χ3n) is 4.99. The fourth-order valence-corrected chi connectivity index (χ4v) is 3.71. The maximum absolute atomic E-state index is 12.8. The average Bonchev–Trinajstić information content (AvgIpc) is 3.60. The van der Waals surface area contributed by atoms with Crippen LogP contribution in [0.4, 0.5) is 18.3 Å². The Balaban J connectivity index is 0. The molecular weight excluding hydrogens is 601 g/mol. The lowest BCUT2D eigenvalue weighted by Gasteiger charge is -2.09. The van der Waals surface area contributed by atoms with E-state index in [1.807, 2.05) is 53.1 Å². The van der Waals surface area contributed by atoms with E-state index in [1.165, 1.54) is 29.3 Å². The largest absolute Gasteiger partial charge is 0.416 e. The monoisotopic (exact) mass is 650 g/mol. The van der Waals surface area contributed by atoms with Crippen molar-refractivity contribution in [2.24, 2.45) is 11.6 Å². The Hall–Kier alpha value is -4.20. The van der Waals surface area contributed by atoms with Gasteiger partial charge in [0.25, 0.3) is 0 Å². The van der Waals surface area contributed by atoms with Crippen molar-refractivity contribution >= 4 is 34.3 Å². The highest BCUT2D eigenvalue weighted by atomic mass is 32.1. The van der Waals surface area contributed by atoms with Crippen molar-refractivity contribution in [3.63, 3.8) is 0 Å². The lowest BCUT2D eigenvalue weighted by atomic mass is 10.2. The van der Waals surface area contributed by atoms with Crippen molar-refractivity contribution in [1.82, 2.24) is 24.9 Å². The minimum atomic E-state index is -4.33. The summed E-state index contributed by atoms with van der Waals surface area (Å²) in [5.74, 6) is 5.45. The number of imidazole rings is 1. The first-order valence-electron chi connectivity index (χ1n) is 14.0. The molecule has 2 aromatic rings. The number of aromatic nitrogens is 3. The van der Waals surface area contributed by atoms with Gasteiger partial charge in [-0.2, -0.15) is 13.2 Å². The molecule has 2 heterocycles. The van der Waals surface area contributed by atoms with Crippen LogP contribution in [0.5, 0.6) is 0 Å². The first-order chi connectivity index (χ1) is 21.2. The van der Waals surface area contributed by atoms with Crippen LogP contribution < -0.4 is 22.2 Å². The second-order valence-corrected chi connectivity index (χ2v) is 10.1. The minimum absolute atomic E-state index is 0.456. The predicted octanol–water partition coefficient (Wildman–Crippen LogP) is 6.85. The van der Waals surface area contributed by atoms with Crippen molar-refractivity contribution in [3.05, 3.63) is 102 Å². The highest BCUT2D eigenvalue weighted by Crippen LogP contribution is 2.32. The van der Waals surface area contributed by atoms with Gasteiger partial charge in [-0.05, 0) is 32.9 Å². The van der Waals surface area contributed by atoms with E-state index < -0.39 is 11.7 Å². The average molecular weight is 651 g/mol. The van der Waals surface area contributed by atoms with Crippen LogP contribution >= 0.6 is 11.3 Å². The number of alkyl halides is 3. The Morgan fingerprint density at radius 3 is 2.22 bits per heavy atom. The number of hydrogen-bond acceptors (Lipinski definition) is 8. The summed E-state index contributed by atoms with van der Waals surface area (Å²) < 4.78 is 40.1. The predicted molar refractivity (Wildman–Crippen MR) is 185 cm³/mol. The van der Waals surface area contributed by atoms with Gasteiger partial charge < -0.3 is 20.9 Å². The summed E-state index contributed by atoms with van der Waals surface area (Å²) in [4.78, 5) is 18.0. The lowest BCUT2D eigenvalue weighted by Crippen LogP contribution is -2.27. The van der Waals surface area contributed by atoms with Crippen LogP contribution in [0.25, 0.3) is 11.4 Å². The van der Waals surface area contributed by atoms with E-state index in [4.69, 9.17) is 16.4 Å². The first-order valence-corrected chi connectivity index (χ1v) is 14.8. The van der Waals surface area contributed by atoms with E-state index in [-0.39, 0.29) is 0 Å². The number of carbonyl (C=O) groups excluding carboxylic acids is 1. The fourth-order valence-electron chi connectivity index (χ4n) is 3.05. The molecular formula is C32H49F3N8OS. The van der Waals surface area contributed by atoms with Gasteiger partial charge in [0.1, 0.15) is 0 Å². The van der Waals surface area contributed by atoms with Crippen molar-refractivity contribution in [2.45, 2.75) is 47.2 Å². The van der Waals surface area contributed by atoms with E-state index in [2.05, 4.69) is 33.8 Å². The number of hydrogen-bond donors (Lipinski definition) is 4. The topological polar surface area (TPSA) is 127 Å². The van der Waals surface area contributed by atoms with E-state index in [1.54, 1.807) is 55.0 Å². The van der Waals surface area contributed by atoms with Crippen LogP contribution in [0, 0.1) is 6.92 Å². The molecule has 0 spiro atoms. The number of thiazole rings is 1. The second kappa shape index (κ2) is 24.2. The second-order valence-electron chi connectivity index (χ2n) is 9.07. The number of anilines is 1. The number of halogens is 3. The van der Waals surface area contributed by atoms with E-state index >= 15 is 0 Å². The standard InChI is InChI=1S/C13H13F3N2.C9H16N2.C6H9N3S.C2H5NO.C2H6/c1-9-3-4-12(18-7-10(2)17-8-18)6-11(5-9)13(14,15)16;1-4-5-6-7-9(2)8-11(3)10;1-4(7)5-3-9-6(8-2)10-5;1-3-2-4;1-2/h3,5-8H,4H2,1-2H3;4-7H,1,8,10H2,2-3H3;3H,1,7H2,2H3,(H,8,9);2H,1H3,(H,3,4);1-2H3/b;6-5-,9-7-;;;. The molecule has 45 heavy (non-hydrogen) atoms. The number of nitrogens with zero attached hydrogens (tertiary/aromatic N) is 4. The molecule has 2 aromatic heterocycles. The maximum atomic E-state index is 12.8. The number of likely N-dealkylation sites (N-methyl/N-ethyl adjacent to an activating group) is 1. The van der Waals surface area contributed by atoms with Gasteiger partial charge in [0.15, 0.2) is 5.13 Å². The summed E-state index contributed by atoms with van der Waals surface area (Å²) in [6, 6.07) is 0. The molecule has 0 saturated carbocycles. The number of hydrazine groups is 1. The Morgan fingerprint density at radius 1 is 1.20 bits per heavy atom. The first kappa shape index (κ1) is 42.9. The molecule has 1 aliphatic rings. The zero-order valence-electron chi connectivity index (χ0n) is 27.6. The zero-order valence-corrected chi connectivity index (χ0v) is 28.4. The number of amides is 1. The molecule has 0 aliphatic heterocycles. The van der Waals surface area contributed by atoms with Gasteiger partial charge in [0.2, 0.25) is 6.41 Å². The summed E-state index contributed by atoms with van der Waals surface area (Å²) in [6.07, 6.45) is 13.4. The van der Waals surface area contributed by atoms with Gasteiger partial charge in [-0.1, -0.05) is 79.9 Å². The van der Waals surface area contributed by atoms with E-state index in [9.17, 15) is 13.2 Å². The zero-order chi connectivity index (χ0) is 35.0. The molecule has 0 saturated heterocycles. The van der Waals surface area contributed by atoms with Crippen LogP contribution in [0.3, 0.4) is 0 Å². The van der Waals surface area contributed by atoms with Crippen LogP contribution in [0.15, 0.2) is 91.1 Å². The normalized spacial score (nSPS) is 12.6. The van der Waals surface area contributed by atoms with Crippen LogP contribution in [-0.2, 0) is 4.79 Å². The molecule has 6 N–H and O–H groups in total. The molecule has 3 rings (SSSR count). The van der Waals surface area contributed by atoms with Crippen LogP contribution in [0.1, 0.15) is 44.7 Å². The summed E-state index contributed by atoms with van der Waals surface area (Å²) in [5, 5.41) is 7.67. The molecule has 13 heteroatoms. The third-order valence-corrected chi connectivity index (χ3v) is 6.08. The third kappa shape index (κ3) is 20.4. The molecule has 0 atom stereocenters. The number of allylic oxidation sites excluding steroid dienone is 10. The van der Waals surface area contributed by atoms with Gasteiger partial charge in [-0.3, -0.25) is 10.6 Å². The van der Waals surface area contributed by atoms with Gasteiger partial charge in [0.05, 0.1) is 22.5 Å². The summed E-state index contributed by atoms with van der Waals surface area (Å²) in [5.41, 5.74) is 8.56. The molecule has 0 unspecified atom stereocenters. The number of nitrogens with one attached hydrogen (secondary N) is 2. The Morgan fingerprint density at radius 2 is 1.82 bits per heavy atom. The number of rotatable bonds is 8. The van der Waals surface area contributed by atoms with Crippen molar-refractivity contribution in [2.75, 3.05) is 33.0 Å². The smallest absolute Gasteiger partial charge is 0.398 e. The fraction of sp³-hybridized carbons (Fsp3) is 0.344. The van der Waals surface area contributed by atoms with E-state index in [0.29, 0.717) is 29.8 Å². The molecule has 1 amide bonds. The summed E-state index contributed by atoms with van der Waals surface area (Å²) >= 11 is 1.49. The Kier molecular flexibility index (Phi) is 23.0. The summed E-state index contributed by atoms with van der Waals surface area (Å²) in [6.45, 7) is 17.5. The molecule has 0 radical (unpaired) electrons. The Bertz CT molecular complexity index is 1320. The maximum Gasteiger partial charge on any atom is 0.416 e. The van der Waals surface area contributed by atoms with Crippen molar-refractivity contribution < 1.29 is 18.0 Å². The van der Waals surface area contributed by atoms with Gasteiger partial charge in [-0.25, -0.2) is 15.0 Å². The van der Waals surface area contributed by atoms with Gasteiger partial charge >= 0.3 is 6.18 Å². The van der Waals surface area contributed by atoms with Crippen molar-refractivity contribution in [1.29, 1.82) is 0 Å². The molecule has 0 aromatic carbocycles. The van der Waals surface area contributed by atoms with Gasteiger partial charge in [0, 0.05) is 57.9 Å². The SMILES string of the molecule is C=C(N)c1cnc(NC)s1.C=C/C=C\C=C(\C)CN(C)N.CC.CC1=CCC(n2cnc(C)c2)=CC(C(F)(F)F)=C1.CNC=O. The van der Waals surface area contributed by atoms with Gasteiger partial charge in [-0.15, -0.1) is 0 Å². The molecule has 1 aliphatic carbocycles. The molecule has 250 valence electrons.